The molecule has 0 saturated carbocycles. The molecule has 2 saturated heterocycles. The van der Waals surface area contributed by atoms with Gasteiger partial charge in [-0.3, -0.25) is 4.79 Å². The van der Waals surface area contributed by atoms with E-state index in [9.17, 15) is 4.79 Å². The van der Waals surface area contributed by atoms with Gasteiger partial charge in [-0.2, -0.15) is 0 Å². The molecule has 18 heavy (non-hydrogen) atoms. The van der Waals surface area contributed by atoms with Crippen molar-refractivity contribution in [3.05, 3.63) is 0 Å². The summed E-state index contributed by atoms with van der Waals surface area (Å²) >= 11 is 0. The van der Waals surface area contributed by atoms with E-state index in [0.29, 0.717) is 6.54 Å². The molecule has 2 fully saturated rings. The first-order valence-corrected chi connectivity index (χ1v) is 6.27. The summed E-state index contributed by atoms with van der Waals surface area (Å²) in [5, 5.41) is 2.75. The number of carbonyl (C=O) groups excluding carboxylic acids is 1. The van der Waals surface area contributed by atoms with Crippen molar-refractivity contribution in [1.82, 2.24) is 5.32 Å². The Balaban J connectivity index is 2.02. The van der Waals surface area contributed by atoms with Crippen molar-refractivity contribution in [3.8, 4) is 0 Å². The van der Waals surface area contributed by atoms with Crippen molar-refractivity contribution < 1.29 is 23.7 Å². The lowest BCUT2D eigenvalue weighted by Gasteiger charge is -2.23. The Morgan fingerprint density at radius 3 is 2.61 bits per heavy atom. The number of fused-ring (bicyclic) bond motifs is 1. The largest absolute Gasteiger partial charge is 0.356 e. The molecule has 1 N–H and O–H groups in total. The van der Waals surface area contributed by atoms with Gasteiger partial charge < -0.3 is 24.3 Å². The molecule has 104 valence electrons. The van der Waals surface area contributed by atoms with Crippen LogP contribution in [0.2, 0.25) is 0 Å². The van der Waals surface area contributed by atoms with Crippen LogP contribution >= 0.6 is 0 Å². The Morgan fingerprint density at radius 2 is 2.00 bits per heavy atom. The van der Waals surface area contributed by atoms with Crippen LogP contribution in [-0.4, -0.2) is 50.0 Å². The standard InChI is InChI=1S/C12H21NO5/c1-5-13-8(14)6-7-9-10(11(15-4)16-7)18-12(2,3)17-9/h7,9-11H,5-6H2,1-4H3,(H,13,14)/t7-,9-,10+,11+/m0/s1. The van der Waals surface area contributed by atoms with Crippen LogP contribution in [0.25, 0.3) is 0 Å². The van der Waals surface area contributed by atoms with Crippen LogP contribution in [0.3, 0.4) is 0 Å². The maximum Gasteiger partial charge on any atom is 0.222 e. The molecule has 0 bridgehead atoms. The zero-order valence-corrected chi connectivity index (χ0v) is 11.3. The van der Waals surface area contributed by atoms with Crippen LogP contribution in [0.4, 0.5) is 0 Å². The molecular weight excluding hydrogens is 238 g/mol. The number of rotatable bonds is 4. The van der Waals surface area contributed by atoms with Crippen LogP contribution in [0, 0.1) is 0 Å². The monoisotopic (exact) mass is 259 g/mol. The van der Waals surface area contributed by atoms with Gasteiger partial charge in [0.25, 0.3) is 0 Å². The normalized spacial score (nSPS) is 37.6. The van der Waals surface area contributed by atoms with E-state index in [2.05, 4.69) is 5.32 Å². The van der Waals surface area contributed by atoms with Gasteiger partial charge in [0.15, 0.2) is 12.1 Å². The minimum atomic E-state index is -0.657. The number of nitrogens with one attached hydrogen (secondary N) is 1. The summed E-state index contributed by atoms with van der Waals surface area (Å²) in [7, 11) is 1.56. The Bertz CT molecular complexity index is 320. The van der Waals surface area contributed by atoms with Crippen LogP contribution in [0.5, 0.6) is 0 Å². The molecule has 0 aromatic rings. The highest BCUT2D eigenvalue weighted by Crippen LogP contribution is 2.39. The fourth-order valence-electron chi connectivity index (χ4n) is 2.45. The highest BCUT2D eigenvalue weighted by molar-refractivity contribution is 5.76. The Hall–Kier alpha value is -0.690. The average molecular weight is 259 g/mol. The predicted octanol–water partition coefficient (Wildman–Crippen LogP) is 0.404. The van der Waals surface area contributed by atoms with Gasteiger partial charge in [-0.15, -0.1) is 0 Å². The van der Waals surface area contributed by atoms with Crippen LogP contribution < -0.4 is 5.32 Å². The summed E-state index contributed by atoms with van der Waals surface area (Å²) in [5.41, 5.74) is 0. The molecule has 1 amide bonds. The highest BCUT2D eigenvalue weighted by atomic mass is 16.8. The van der Waals surface area contributed by atoms with E-state index in [1.54, 1.807) is 7.11 Å². The van der Waals surface area contributed by atoms with Gasteiger partial charge in [0.1, 0.15) is 12.2 Å². The third kappa shape index (κ3) is 2.66. The van der Waals surface area contributed by atoms with Crippen LogP contribution in [0.15, 0.2) is 0 Å². The van der Waals surface area contributed by atoms with Crippen molar-refractivity contribution >= 4 is 5.91 Å². The van der Waals surface area contributed by atoms with Gasteiger partial charge in [-0.1, -0.05) is 0 Å². The fourth-order valence-corrected chi connectivity index (χ4v) is 2.45. The summed E-state index contributed by atoms with van der Waals surface area (Å²) in [4.78, 5) is 11.6. The van der Waals surface area contributed by atoms with Gasteiger partial charge >= 0.3 is 0 Å². The van der Waals surface area contributed by atoms with Crippen molar-refractivity contribution in [2.45, 2.75) is 57.6 Å². The van der Waals surface area contributed by atoms with Gasteiger partial charge in [-0.05, 0) is 20.8 Å². The average Bonchev–Trinajstić information content (AvgIpc) is 2.74. The highest BCUT2D eigenvalue weighted by Gasteiger charge is 2.55. The molecule has 4 atom stereocenters. The van der Waals surface area contributed by atoms with Crippen molar-refractivity contribution in [3.63, 3.8) is 0 Å². The van der Waals surface area contributed by atoms with E-state index in [4.69, 9.17) is 18.9 Å². The van der Waals surface area contributed by atoms with Gasteiger partial charge in [0.2, 0.25) is 5.91 Å². The van der Waals surface area contributed by atoms with E-state index < -0.39 is 12.1 Å². The Labute approximate surface area is 107 Å². The maximum atomic E-state index is 11.6. The first-order valence-electron chi connectivity index (χ1n) is 6.27. The molecule has 0 spiro atoms. The topological polar surface area (TPSA) is 66.0 Å². The minimum absolute atomic E-state index is 0.0497. The zero-order chi connectivity index (χ0) is 13.3. The number of methoxy groups -OCH3 is 1. The van der Waals surface area contributed by atoms with E-state index in [1.165, 1.54) is 0 Å². The molecule has 0 aromatic heterocycles. The number of ether oxygens (including phenoxy) is 4. The Kier molecular flexibility index (Phi) is 3.91. The summed E-state index contributed by atoms with van der Waals surface area (Å²) in [5.74, 6) is -0.707. The summed E-state index contributed by atoms with van der Waals surface area (Å²) in [6, 6.07) is 0. The molecule has 6 nitrogen and oxygen atoms in total. The predicted molar refractivity (Wildman–Crippen MR) is 62.8 cm³/mol. The molecule has 0 aromatic carbocycles. The maximum absolute atomic E-state index is 11.6. The second-order valence-corrected chi connectivity index (χ2v) is 5.00. The molecule has 0 unspecified atom stereocenters. The van der Waals surface area contributed by atoms with Gasteiger partial charge in [0.05, 0.1) is 12.5 Å². The van der Waals surface area contributed by atoms with Gasteiger partial charge in [-0.25, -0.2) is 0 Å². The number of carbonyl (C=O) groups is 1. The summed E-state index contributed by atoms with van der Waals surface area (Å²) < 4.78 is 22.4. The molecule has 0 radical (unpaired) electrons. The van der Waals surface area contributed by atoms with Gasteiger partial charge in [0, 0.05) is 13.7 Å². The number of hydrogen-bond acceptors (Lipinski definition) is 5. The van der Waals surface area contributed by atoms with E-state index in [1.807, 2.05) is 20.8 Å². The molecule has 2 rings (SSSR count). The van der Waals surface area contributed by atoms with Crippen LogP contribution in [-0.2, 0) is 23.7 Å². The lowest BCUT2D eigenvalue weighted by Crippen LogP contribution is -2.35. The molecule has 0 aliphatic carbocycles. The zero-order valence-electron chi connectivity index (χ0n) is 11.3. The van der Waals surface area contributed by atoms with E-state index >= 15 is 0 Å². The van der Waals surface area contributed by atoms with Crippen molar-refractivity contribution in [2.24, 2.45) is 0 Å². The van der Waals surface area contributed by atoms with Crippen LogP contribution in [0.1, 0.15) is 27.2 Å². The fraction of sp³-hybridized carbons (Fsp3) is 0.917. The first kappa shape index (κ1) is 13.7. The van der Waals surface area contributed by atoms with E-state index in [0.717, 1.165) is 0 Å². The lowest BCUT2D eigenvalue weighted by molar-refractivity contribution is -0.227. The summed E-state index contributed by atoms with van der Waals surface area (Å²) in [6.45, 7) is 6.19. The van der Waals surface area contributed by atoms with E-state index in [-0.39, 0.29) is 30.6 Å². The second kappa shape index (κ2) is 5.13. The summed E-state index contributed by atoms with van der Waals surface area (Å²) in [6.07, 6.45) is -1.07. The first-order chi connectivity index (χ1) is 8.46. The smallest absolute Gasteiger partial charge is 0.222 e. The third-order valence-electron chi connectivity index (χ3n) is 3.10. The van der Waals surface area contributed by atoms with Crippen molar-refractivity contribution in [2.75, 3.05) is 13.7 Å². The number of hydrogen-bond donors (Lipinski definition) is 1. The Morgan fingerprint density at radius 1 is 1.33 bits per heavy atom. The molecule has 2 aliphatic rings. The molecule has 2 aliphatic heterocycles. The second-order valence-electron chi connectivity index (χ2n) is 5.00. The number of amides is 1. The lowest BCUT2D eigenvalue weighted by atomic mass is 10.1. The third-order valence-corrected chi connectivity index (χ3v) is 3.10. The van der Waals surface area contributed by atoms with Crippen molar-refractivity contribution in [1.29, 1.82) is 0 Å². The molecular formula is C12H21NO5. The SMILES string of the molecule is CCNC(=O)C[C@@H]1O[C@@H](OC)[C@@H]2OC(C)(C)O[C@H]21. The molecule has 6 heteroatoms. The minimum Gasteiger partial charge on any atom is -0.356 e. The molecule has 2 heterocycles. The quantitative estimate of drug-likeness (QED) is 0.792.